The standard InChI is InChI=1S/C13H19N5S/c1-2-6-18(9-3-4-9)8-11-15-12(17-14)10-5-7-19-13(10)16-11/h5,7,9H,2-4,6,8,14H2,1H3,(H,15,16,17). The largest absolute Gasteiger partial charge is 0.308 e. The first-order valence-electron chi connectivity index (χ1n) is 6.76. The molecule has 1 saturated carbocycles. The lowest BCUT2D eigenvalue weighted by Gasteiger charge is -2.20. The summed E-state index contributed by atoms with van der Waals surface area (Å²) in [5.74, 6) is 7.15. The first kappa shape index (κ1) is 12.8. The third-order valence-electron chi connectivity index (χ3n) is 3.43. The van der Waals surface area contributed by atoms with Crippen LogP contribution in [0.5, 0.6) is 0 Å². The van der Waals surface area contributed by atoms with Crippen molar-refractivity contribution in [2.75, 3.05) is 12.0 Å². The van der Waals surface area contributed by atoms with E-state index in [9.17, 15) is 0 Å². The van der Waals surface area contributed by atoms with Crippen LogP contribution in [0.3, 0.4) is 0 Å². The zero-order chi connectivity index (χ0) is 13.2. The van der Waals surface area contributed by atoms with E-state index in [-0.39, 0.29) is 0 Å². The minimum Gasteiger partial charge on any atom is -0.308 e. The van der Waals surface area contributed by atoms with Crippen LogP contribution in [0.15, 0.2) is 11.4 Å². The lowest BCUT2D eigenvalue weighted by Crippen LogP contribution is -2.27. The third-order valence-corrected chi connectivity index (χ3v) is 4.23. The van der Waals surface area contributed by atoms with E-state index in [1.807, 2.05) is 11.4 Å². The molecular weight excluding hydrogens is 258 g/mol. The predicted octanol–water partition coefficient (Wildman–Crippen LogP) is 2.35. The number of aromatic nitrogens is 2. The molecule has 2 aromatic heterocycles. The summed E-state index contributed by atoms with van der Waals surface area (Å²) in [5.41, 5.74) is 2.68. The van der Waals surface area contributed by atoms with Crippen LogP contribution in [0.25, 0.3) is 10.2 Å². The number of hydrogen-bond acceptors (Lipinski definition) is 6. The Balaban J connectivity index is 1.86. The highest BCUT2D eigenvalue weighted by Crippen LogP contribution is 2.29. The molecule has 0 spiro atoms. The Labute approximate surface area is 116 Å². The van der Waals surface area contributed by atoms with Gasteiger partial charge < -0.3 is 5.43 Å². The summed E-state index contributed by atoms with van der Waals surface area (Å²) in [6.07, 6.45) is 3.78. The van der Waals surface area contributed by atoms with Crippen LogP contribution in [0, 0.1) is 0 Å². The molecule has 0 amide bonds. The first-order valence-corrected chi connectivity index (χ1v) is 7.64. The van der Waals surface area contributed by atoms with Gasteiger partial charge in [-0.2, -0.15) is 0 Å². The fourth-order valence-corrected chi connectivity index (χ4v) is 3.16. The molecule has 0 bridgehead atoms. The van der Waals surface area contributed by atoms with Gasteiger partial charge in [0, 0.05) is 6.04 Å². The molecule has 3 rings (SSSR count). The predicted molar refractivity (Wildman–Crippen MR) is 78.9 cm³/mol. The van der Waals surface area contributed by atoms with Crippen molar-refractivity contribution in [3.05, 3.63) is 17.3 Å². The van der Waals surface area contributed by atoms with Gasteiger partial charge in [-0.05, 0) is 37.3 Å². The van der Waals surface area contributed by atoms with Crippen LogP contribution >= 0.6 is 11.3 Å². The molecule has 0 unspecified atom stereocenters. The summed E-state index contributed by atoms with van der Waals surface area (Å²) in [7, 11) is 0. The van der Waals surface area contributed by atoms with Crippen molar-refractivity contribution in [2.24, 2.45) is 5.84 Å². The fourth-order valence-electron chi connectivity index (χ4n) is 2.38. The molecule has 5 nitrogen and oxygen atoms in total. The highest BCUT2D eigenvalue weighted by atomic mass is 32.1. The number of hydrogen-bond donors (Lipinski definition) is 2. The van der Waals surface area contributed by atoms with E-state index in [4.69, 9.17) is 5.84 Å². The van der Waals surface area contributed by atoms with E-state index < -0.39 is 0 Å². The number of nitrogen functional groups attached to an aromatic ring is 1. The lowest BCUT2D eigenvalue weighted by molar-refractivity contribution is 0.249. The van der Waals surface area contributed by atoms with Gasteiger partial charge in [0.1, 0.15) is 10.7 Å². The number of nitrogens with two attached hydrogens (primary N) is 1. The van der Waals surface area contributed by atoms with Crippen molar-refractivity contribution in [1.29, 1.82) is 0 Å². The maximum Gasteiger partial charge on any atom is 0.152 e. The molecule has 0 saturated heterocycles. The summed E-state index contributed by atoms with van der Waals surface area (Å²) in [4.78, 5) is 12.7. The van der Waals surface area contributed by atoms with Gasteiger partial charge in [-0.3, -0.25) is 4.90 Å². The smallest absolute Gasteiger partial charge is 0.152 e. The van der Waals surface area contributed by atoms with Gasteiger partial charge in [-0.25, -0.2) is 15.8 Å². The monoisotopic (exact) mass is 277 g/mol. The second-order valence-corrected chi connectivity index (χ2v) is 5.87. The van der Waals surface area contributed by atoms with E-state index in [1.54, 1.807) is 11.3 Å². The Bertz CT molecular complexity index is 563. The quantitative estimate of drug-likeness (QED) is 0.626. The molecular formula is C13H19N5S. The second-order valence-electron chi connectivity index (χ2n) is 4.97. The topological polar surface area (TPSA) is 67.1 Å². The van der Waals surface area contributed by atoms with Gasteiger partial charge in [0.05, 0.1) is 11.9 Å². The maximum absolute atomic E-state index is 5.56. The van der Waals surface area contributed by atoms with Gasteiger partial charge in [0.15, 0.2) is 5.82 Å². The molecule has 2 aromatic rings. The van der Waals surface area contributed by atoms with E-state index in [0.29, 0.717) is 0 Å². The molecule has 102 valence electrons. The second kappa shape index (κ2) is 5.40. The van der Waals surface area contributed by atoms with Gasteiger partial charge in [0.2, 0.25) is 0 Å². The minimum absolute atomic E-state index is 0.730. The SMILES string of the molecule is CCCN(Cc1nc(NN)c2ccsc2n1)C1CC1. The van der Waals surface area contributed by atoms with E-state index >= 15 is 0 Å². The van der Waals surface area contributed by atoms with Crippen molar-refractivity contribution >= 4 is 27.4 Å². The van der Waals surface area contributed by atoms with Gasteiger partial charge in [-0.1, -0.05) is 6.92 Å². The number of thiophene rings is 1. The van der Waals surface area contributed by atoms with Crippen LogP contribution in [-0.2, 0) is 6.54 Å². The summed E-state index contributed by atoms with van der Waals surface area (Å²) >= 11 is 1.63. The zero-order valence-electron chi connectivity index (χ0n) is 11.1. The molecule has 0 atom stereocenters. The summed E-state index contributed by atoms with van der Waals surface area (Å²) in [6.45, 7) is 4.15. The van der Waals surface area contributed by atoms with Gasteiger partial charge in [0.25, 0.3) is 0 Å². The number of rotatable bonds is 6. The summed E-state index contributed by atoms with van der Waals surface area (Å²) in [6, 6.07) is 2.74. The Kier molecular flexibility index (Phi) is 3.63. The molecule has 1 aliphatic rings. The highest BCUT2D eigenvalue weighted by Gasteiger charge is 2.29. The lowest BCUT2D eigenvalue weighted by atomic mass is 10.3. The number of fused-ring (bicyclic) bond motifs is 1. The van der Waals surface area contributed by atoms with E-state index in [1.165, 1.54) is 19.3 Å². The normalized spacial score (nSPS) is 15.3. The first-order chi connectivity index (χ1) is 9.31. The van der Waals surface area contributed by atoms with Gasteiger partial charge in [-0.15, -0.1) is 11.3 Å². The Morgan fingerprint density at radius 3 is 3.00 bits per heavy atom. The maximum atomic E-state index is 5.56. The number of anilines is 1. The van der Waals surface area contributed by atoms with E-state index in [0.717, 1.165) is 41.0 Å². The van der Waals surface area contributed by atoms with Crippen molar-refractivity contribution in [2.45, 2.75) is 38.8 Å². The average molecular weight is 277 g/mol. The third kappa shape index (κ3) is 2.70. The molecule has 2 heterocycles. The molecule has 1 fully saturated rings. The molecule has 1 aliphatic carbocycles. The highest BCUT2D eigenvalue weighted by molar-refractivity contribution is 7.16. The van der Waals surface area contributed by atoms with Crippen molar-refractivity contribution in [3.63, 3.8) is 0 Å². The molecule has 6 heteroatoms. The molecule has 0 aliphatic heterocycles. The molecule has 3 N–H and O–H groups in total. The summed E-state index contributed by atoms with van der Waals surface area (Å²) < 4.78 is 0. The minimum atomic E-state index is 0.730. The van der Waals surface area contributed by atoms with Crippen molar-refractivity contribution in [3.8, 4) is 0 Å². The molecule has 0 aromatic carbocycles. The van der Waals surface area contributed by atoms with Crippen LogP contribution in [-0.4, -0.2) is 27.5 Å². The van der Waals surface area contributed by atoms with Crippen LogP contribution in [0.2, 0.25) is 0 Å². The Morgan fingerprint density at radius 1 is 1.47 bits per heavy atom. The van der Waals surface area contributed by atoms with Crippen LogP contribution < -0.4 is 11.3 Å². The van der Waals surface area contributed by atoms with Crippen molar-refractivity contribution < 1.29 is 0 Å². The Morgan fingerprint density at radius 2 is 2.32 bits per heavy atom. The Hall–Kier alpha value is -1.24. The van der Waals surface area contributed by atoms with E-state index in [2.05, 4.69) is 27.2 Å². The number of nitrogens with zero attached hydrogens (tertiary/aromatic N) is 3. The number of nitrogens with one attached hydrogen (secondary N) is 1. The van der Waals surface area contributed by atoms with Gasteiger partial charge >= 0.3 is 0 Å². The average Bonchev–Trinajstić information content (AvgIpc) is 3.16. The zero-order valence-corrected chi connectivity index (χ0v) is 11.9. The fraction of sp³-hybridized carbons (Fsp3) is 0.538. The summed E-state index contributed by atoms with van der Waals surface area (Å²) in [5, 5.41) is 3.03. The molecule has 19 heavy (non-hydrogen) atoms. The number of hydrazine groups is 1. The van der Waals surface area contributed by atoms with Crippen molar-refractivity contribution in [1.82, 2.24) is 14.9 Å². The molecule has 0 radical (unpaired) electrons. The van der Waals surface area contributed by atoms with Crippen LogP contribution in [0.1, 0.15) is 32.0 Å². The van der Waals surface area contributed by atoms with Crippen LogP contribution in [0.4, 0.5) is 5.82 Å².